The van der Waals surface area contributed by atoms with Gasteiger partial charge in [0, 0.05) is 32.2 Å². The summed E-state index contributed by atoms with van der Waals surface area (Å²) in [5, 5.41) is 19.9. The Labute approximate surface area is 217 Å². The van der Waals surface area contributed by atoms with E-state index in [1.807, 2.05) is 6.07 Å². The second-order valence-corrected chi connectivity index (χ2v) is 8.72. The summed E-state index contributed by atoms with van der Waals surface area (Å²) in [7, 11) is 1.46. The van der Waals surface area contributed by atoms with Crippen LogP contribution in [0.2, 0.25) is 0 Å². The third-order valence-corrected chi connectivity index (χ3v) is 5.87. The number of alkyl halides is 3. The minimum atomic E-state index is -4.70. The number of methoxy groups -OCH3 is 1. The van der Waals surface area contributed by atoms with Gasteiger partial charge in [-0.25, -0.2) is 4.79 Å². The van der Waals surface area contributed by atoms with Gasteiger partial charge in [-0.05, 0) is 49.2 Å². The number of benzene rings is 2. The maximum Gasteiger partial charge on any atom is 0.416 e. The predicted octanol–water partition coefficient (Wildman–Crippen LogP) is 2.68. The Kier molecular flexibility index (Phi) is 9.40. The van der Waals surface area contributed by atoms with E-state index in [1.54, 1.807) is 19.1 Å². The fourth-order valence-corrected chi connectivity index (χ4v) is 4.07. The van der Waals surface area contributed by atoms with E-state index in [1.165, 1.54) is 7.11 Å². The molecule has 1 heterocycles. The molecular weight excluding hydrogens is 507 g/mol. The highest BCUT2D eigenvalue weighted by atomic mass is 19.4. The van der Waals surface area contributed by atoms with Crippen molar-refractivity contribution in [1.29, 1.82) is 0 Å². The molecule has 0 spiro atoms. The molecule has 2 aromatic carbocycles. The quantitative estimate of drug-likeness (QED) is 0.334. The number of amides is 4. The van der Waals surface area contributed by atoms with Crippen LogP contribution >= 0.6 is 0 Å². The summed E-state index contributed by atoms with van der Waals surface area (Å²) < 4.78 is 44.6. The normalized spacial score (nSPS) is 15.6. The van der Waals surface area contributed by atoms with Gasteiger partial charge in [0.05, 0.1) is 30.5 Å². The molecule has 1 aliphatic rings. The standard InChI is InChI=1S/C25H30F3N5O5/c1-3-29-24(37)32-19-6-5-16(25(26,27)28)11-18(19)23(36)30-12-22(35)31-17-8-9-33(14-17)13-15-4-7-21(38-2)20(34)10-15/h4-7,10-11,17,34H,3,8-9,12-14H2,1-2H3,(H,30,36)(H,31,35)(H2,29,32,37)/t17-/m0/s1. The summed E-state index contributed by atoms with van der Waals surface area (Å²) in [4.78, 5) is 39.1. The van der Waals surface area contributed by atoms with Crippen molar-refractivity contribution in [3.05, 3.63) is 53.1 Å². The third kappa shape index (κ3) is 7.75. The summed E-state index contributed by atoms with van der Waals surface area (Å²) in [5.74, 6) is -1.03. The molecule has 2 aromatic rings. The second-order valence-electron chi connectivity index (χ2n) is 8.72. The summed E-state index contributed by atoms with van der Waals surface area (Å²) in [6.07, 6.45) is -4.04. The smallest absolute Gasteiger partial charge is 0.416 e. The number of nitrogens with zero attached hydrogens (tertiary/aromatic N) is 1. The largest absolute Gasteiger partial charge is 0.504 e. The average molecular weight is 538 g/mol. The number of nitrogens with one attached hydrogen (secondary N) is 4. The van der Waals surface area contributed by atoms with Gasteiger partial charge in [-0.3, -0.25) is 14.5 Å². The predicted molar refractivity (Wildman–Crippen MR) is 133 cm³/mol. The Morgan fingerprint density at radius 2 is 1.89 bits per heavy atom. The van der Waals surface area contributed by atoms with E-state index in [4.69, 9.17) is 4.74 Å². The number of ether oxygens (including phenoxy) is 1. The SMILES string of the molecule is CCNC(=O)Nc1ccc(C(F)(F)F)cc1C(=O)NCC(=O)N[C@H]1CCN(Cc2ccc(OC)c(O)c2)C1. The Bertz CT molecular complexity index is 1170. The second kappa shape index (κ2) is 12.5. The number of rotatable bonds is 9. The number of urea groups is 1. The molecule has 0 saturated carbocycles. The monoisotopic (exact) mass is 537 g/mol. The number of hydrogen-bond acceptors (Lipinski definition) is 6. The van der Waals surface area contributed by atoms with Gasteiger partial charge >= 0.3 is 12.2 Å². The summed E-state index contributed by atoms with van der Waals surface area (Å²) in [5.41, 5.74) is -0.739. The molecule has 10 nitrogen and oxygen atoms in total. The molecule has 1 saturated heterocycles. The zero-order valence-corrected chi connectivity index (χ0v) is 20.9. The van der Waals surface area contributed by atoms with Crippen LogP contribution in [-0.2, 0) is 17.5 Å². The minimum absolute atomic E-state index is 0.0370. The van der Waals surface area contributed by atoms with Crippen LogP contribution in [0.4, 0.5) is 23.7 Å². The lowest BCUT2D eigenvalue weighted by Gasteiger charge is -2.18. The van der Waals surface area contributed by atoms with Gasteiger partial charge in [-0.2, -0.15) is 13.2 Å². The molecule has 0 aliphatic carbocycles. The van der Waals surface area contributed by atoms with Crippen molar-refractivity contribution in [3.63, 3.8) is 0 Å². The van der Waals surface area contributed by atoms with E-state index in [0.29, 0.717) is 37.9 Å². The van der Waals surface area contributed by atoms with Gasteiger partial charge in [0.2, 0.25) is 5.91 Å². The van der Waals surface area contributed by atoms with Crippen molar-refractivity contribution < 1.29 is 37.4 Å². The highest BCUT2D eigenvalue weighted by Gasteiger charge is 2.32. The van der Waals surface area contributed by atoms with Gasteiger partial charge in [0.25, 0.3) is 5.91 Å². The Balaban J connectivity index is 1.55. The van der Waals surface area contributed by atoms with Crippen molar-refractivity contribution in [2.75, 3.05) is 38.6 Å². The van der Waals surface area contributed by atoms with Crippen LogP contribution in [0.5, 0.6) is 11.5 Å². The molecule has 1 aliphatic heterocycles. The Morgan fingerprint density at radius 3 is 2.55 bits per heavy atom. The number of phenolic OH excluding ortho intramolecular Hbond substituents is 1. The molecule has 3 rings (SSSR count). The fourth-order valence-electron chi connectivity index (χ4n) is 4.07. The molecule has 4 amide bonds. The van der Waals surface area contributed by atoms with Crippen LogP contribution in [0.15, 0.2) is 36.4 Å². The number of anilines is 1. The molecule has 0 unspecified atom stereocenters. The highest BCUT2D eigenvalue weighted by Crippen LogP contribution is 2.32. The Hall–Kier alpha value is -4.00. The maximum absolute atomic E-state index is 13.2. The van der Waals surface area contributed by atoms with Gasteiger partial charge < -0.3 is 31.1 Å². The van der Waals surface area contributed by atoms with Crippen molar-refractivity contribution >= 4 is 23.5 Å². The first-order chi connectivity index (χ1) is 18.0. The van der Waals surface area contributed by atoms with E-state index in [-0.39, 0.29) is 24.0 Å². The first kappa shape index (κ1) is 28.6. The van der Waals surface area contributed by atoms with Gasteiger partial charge in [-0.1, -0.05) is 6.07 Å². The number of halogens is 3. The fraction of sp³-hybridized carbons (Fsp3) is 0.400. The molecular formula is C25H30F3N5O5. The molecule has 0 radical (unpaired) electrons. The van der Waals surface area contributed by atoms with Crippen molar-refractivity contribution in [3.8, 4) is 11.5 Å². The van der Waals surface area contributed by atoms with E-state index in [0.717, 1.165) is 17.7 Å². The zero-order valence-electron chi connectivity index (χ0n) is 20.9. The number of hydrogen-bond donors (Lipinski definition) is 5. The molecule has 13 heteroatoms. The van der Waals surface area contributed by atoms with Crippen LogP contribution in [0.1, 0.15) is 34.8 Å². The number of likely N-dealkylation sites (tertiary alicyclic amines) is 1. The summed E-state index contributed by atoms with van der Waals surface area (Å²) in [6, 6.07) is 6.62. The first-order valence-corrected chi connectivity index (χ1v) is 11.9. The van der Waals surface area contributed by atoms with Crippen LogP contribution in [0, 0.1) is 0 Å². The van der Waals surface area contributed by atoms with E-state index in [2.05, 4.69) is 26.2 Å². The lowest BCUT2D eigenvalue weighted by Crippen LogP contribution is -2.43. The van der Waals surface area contributed by atoms with Crippen LogP contribution in [0.3, 0.4) is 0 Å². The highest BCUT2D eigenvalue weighted by molar-refractivity contribution is 6.04. The van der Waals surface area contributed by atoms with Gasteiger partial charge in [0.1, 0.15) is 0 Å². The molecule has 5 N–H and O–H groups in total. The number of carbonyl (C=O) groups excluding carboxylic acids is 3. The van der Waals surface area contributed by atoms with E-state index in [9.17, 15) is 32.7 Å². The molecule has 0 bridgehead atoms. The molecule has 206 valence electrons. The Morgan fingerprint density at radius 1 is 1.13 bits per heavy atom. The maximum atomic E-state index is 13.2. The number of phenols is 1. The molecule has 1 atom stereocenters. The minimum Gasteiger partial charge on any atom is -0.504 e. The first-order valence-electron chi connectivity index (χ1n) is 11.9. The zero-order chi connectivity index (χ0) is 27.9. The van der Waals surface area contributed by atoms with Gasteiger partial charge in [-0.15, -0.1) is 0 Å². The average Bonchev–Trinajstić information content (AvgIpc) is 3.28. The van der Waals surface area contributed by atoms with E-state index < -0.39 is 41.7 Å². The van der Waals surface area contributed by atoms with Gasteiger partial charge in [0.15, 0.2) is 11.5 Å². The summed E-state index contributed by atoms with van der Waals surface area (Å²) in [6.45, 7) is 3.27. The molecule has 0 aromatic heterocycles. The third-order valence-electron chi connectivity index (χ3n) is 5.87. The lowest BCUT2D eigenvalue weighted by atomic mass is 10.1. The molecule has 38 heavy (non-hydrogen) atoms. The topological polar surface area (TPSA) is 132 Å². The van der Waals surface area contributed by atoms with E-state index >= 15 is 0 Å². The number of aromatic hydroxyl groups is 1. The number of carbonyl (C=O) groups is 3. The molecule has 1 fully saturated rings. The van der Waals surface area contributed by atoms with Crippen molar-refractivity contribution in [2.24, 2.45) is 0 Å². The van der Waals surface area contributed by atoms with Crippen LogP contribution < -0.4 is 26.0 Å². The van der Waals surface area contributed by atoms with Crippen molar-refractivity contribution in [2.45, 2.75) is 32.1 Å². The van der Waals surface area contributed by atoms with Crippen molar-refractivity contribution in [1.82, 2.24) is 20.9 Å². The lowest BCUT2D eigenvalue weighted by molar-refractivity contribution is -0.137. The van der Waals surface area contributed by atoms with Crippen LogP contribution in [-0.4, -0.2) is 67.2 Å². The summed E-state index contributed by atoms with van der Waals surface area (Å²) >= 11 is 0. The van der Waals surface area contributed by atoms with Crippen LogP contribution in [0.25, 0.3) is 0 Å².